The van der Waals surface area contributed by atoms with Crippen LogP contribution in [0.4, 0.5) is 16.0 Å². The maximum atomic E-state index is 12.5. The lowest BCUT2D eigenvalue weighted by Crippen LogP contribution is -2.11. The van der Waals surface area contributed by atoms with Crippen molar-refractivity contribution in [1.82, 2.24) is 15.2 Å². The lowest BCUT2D eigenvalue weighted by Gasteiger charge is -2.18. The molecular weight excluding hydrogens is 366 g/mol. The molecule has 1 aliphatic carbocycles. The summed E-state index contributed by atoms with van der Waals surface area (Å²) in [4.78, 5) is 16.7. The number of hydrogen-bond acceptors (Lipinski definition) is 7. The highest BCUT2D eigenvalue weighted by atomic mass is 32.1. The Morgan fingerprint density at radius 3 is 2.81 bits per heavy atom. The minimum Gasteiger partial charge on any atom is -0.332 e. The Morgan fingerprint density at radius 2 is 2.00 bits per heavy atom. The van der Waals surface area contributed by atoms with Crippen LogP contribution in [0.5, 0.6) is 0 Å². The Bertz CT molecular complexity index is 871. The van der Waals surface area contributed by atoms with E-state index in [1.807, 2.05) is 17.5 Å². The van der Waals surface area contributed by atoms with Crippen LogP contribution < -0.4 is 10.6 Å². The minimum absolute atomic E-state index is 0.181. The molecule has 2 N–H and O–H groups in total. The normalized spacial score (nSPS) is 14.9. The molecule has 0 aliphatic heterocycles. The Kier molecular flexibility index (Phi) is 5.21. The van der Waals surface area contributed by atoms with Crippen LogP contribution in [-0.4, -0.2) is 21.1 Å². The van der Waals surface area contributed by atoms with Gasteiger partial charge in [-0.3, -0.25) is 10.1 Å². The van der Waals surface area contributed by atoms with Crippen molar-refractivity contribution in [3.8, 4) is 0 Å². The Hall–Kier alpha value is -2.32. The van der Waals surface area contributed by atoms with Gasteiger partial charge in [-0.05, 0) is 31.0 Å². The molecule has 3 aromatic rings. The molecule has 134 valence electrons. The zero-order chi connectivity index (χ0) is 17.8. The summed E-state index contributed by atoms with van der Waals surface area (Å²) in [7, 11) is 0. The monoisotopic (exact) mass is 385 g/mol. The summed E-state index contributed by atoms with van der Waals surface area (Å²) in [5.41, 5.74) is 1.40. The average molecular weight is 386 g/mol. The molecule has 0 spiro atoms. The summed E-state index contributed by atoms with van der Waals surface area (Å²) in [6.07, 6.45) is 7.91. The van der Waals surface area contributed by atoms with Crippen molar-refractivity contribution in [2.45, 2.75) is 38.0 Å². The fraction of sp³-hybridized carbons (Fsp3) is 0.333. The fourth-order valence-corrected chi connectivity index (χ4v) is 4.57. The molecule has 6 nitrogen and oxygen atoms in total. The van der Waals surface area contributed by atoms with Gasteiger partial charge in [0.15, 0.2) is 5.13 Å². The molecule has 1 fully saturated rings. The van der Waals surface area contributed by atoms with Crippen molar-refractivity contribution in [3.63, 3.8) is 0 Å². The van der Waals surface area contributed by atoms with Gasteiger partial charge in [-0.25, -0.2) is 4.98 Å². The molecule has 1 amide bonds. The number of aromatic nitrogens is 3. The van der Waals surface area contributed by atoms with E-state index in [0.29, 0.717) is 16.6 Å². The molecule has 1 saturated carbocycles. The Labute approximate surface area is 159 Å². The molecule has 2 aromatic heterocycles. The molecule has 4 rings (SSSR count). The number of carbonyl (C=O) groups is 1. The number of amides is 1. The quantitative estimate of drug-likeness (QED) is 0.643. The van der Waals surface area contributed by atoms with E-state index >= 15 is 0 Å². The highest BCUT2D eigenvalue weighted by Crippen LogP contribution is 2.35. The molecular formula is C18H19N5OS2. The van der Waals surface area contributed by atoms with Gasteiger partial charge in [0, 0.05) is 28.7 Å². The second kappa shape index (κ2) is 7.92. The Balaban J connectivity index is 1.42. The molecule has 1 aliphatic rings. The molecule has 0 unspecified atom stereocenters. The highest BCUT2D eigenvalue weighted by molar-refractivity contribution is 7.15. The van der Waals surface area contributed by atoms with E-state index in [9.17, 15) is 4.79 Å². The van der Waals surface area contributed by atoms with Gasteiger partial charge < -0.3 is 5.32 Å². The minimum atomic E-state index is -0.181. The molecule has 0 saturated heterocycles. The van der Waals surface area contributed by atoms with Crippen LogP contribution in [0.2, 0.25) is 0 Å². The van der Waals surface area contributed by atoms with Crippen LogP contribution in [0.25, 0.3) is 0 Å². The molecule has 1 aromatic carbocycles. The Morgan fingerprint density at radius 1 is 1.12 bits per heavy atom. The summed E-state index contributed by atoms with van der Waals surface area (Å²) in [6, 6.07) is 7.34. The molecule has 0 bridgehead atoms. The second-order valence-electron chi connectivity index (χ2n) is 6.28. The SMILES string of the molecule is O=C(Nc1nnc(C2CCCCC2)s1)c1cccc(Nc2nccs2)c1. The maximum absolute atomic E-state index is 12.5. The van der Waals surface area contributed by atoms with Crippen molar-refractivity contribution in [3.05, 3.63) is 46.4 Å². The van der Waals surface area contributed by atoms with Crippen LogP contribution in [0.1, 0.15) is 53.4 Å². The third-order valence-corrected chi connectivity index (χ3v) is 6.11. The first kappa shape index (κ1) is 17.1. The second-order valence-corrected chi connectivity index (χ2v) is 8.18. The third kappa shape index (κ3) is 4.08. The van der Waals surface area contributed by atoms with Gasteiger partial charge in [-0.2, -0.15) is 0 Å². The van der Waals surface area contributed by atoms with Gasteiger partial charge in [0.1, 0.15) is 5.01 Å². The number of rotatable bonds is 5. The third-order valence-electron chi connectivity index (χ3n) is 4.42. The van der Waals surface area contributed by atoms with Crippen LogP contribution >= 0.6 is 22.7 Å². The van der Waals surface area contributed by atoms with Crippen molar-refractivity contribution in [1.29, 1.82) is 0 Å². The van der Waals surface area contributed by atoms with Gasteiger partial charge in [-0.15, -0.1) is 21.5 Å². The van der Waals surface area contributed by atoms with Crippen LogP contribution in [-0.2, 0) is 0 Å². The van der Waals surface area contributed by atoms with E-state index in [4.69, 9.17) is 0 Å². The van der Waals surface area contributed by atoms with E-state index in [2.05, 4.69) is 25.8 Å². The molecule has 0 atom stereocenters. The number of benzene rings is 1. The highest BCUT2D eigenvalue weighted by Gasteiger charge is 2.20. The first-order valence-corrected chi connectivity index (χ1v) is 10.4. The van der Waals surface area contributed by atoms with Gasteiger partial charge in [0.2, 0.25) is 5.13 Å². The predicted molar refractivity (Wildman–Crippen MR) is 106 cm³/mol. The topological polar surface area (TPSA) is 79.8 Å². The van der Waals surface area contributed by atoms with Crippen molar-refractivity contribution < 1.29 is 4.79 Å². The lowest BCUT2D eigenvalue weighted by atomic mass is 9.90. The summed E-state index contributed by atoms with van der Waals surface area (Å²) < 4.78 is 0. The fourth-order valence-electron chi connectivity index (χ4n) is 3.12. The number of nitrogens with one attached hydrogen (secondary N) is 2. The number of anilines is 3. The van der Waals surface area contributed by atoms with E-state index in [0.717, 1.165) is 15.8 Å². The number of nitrogens with zero attached hydrogens (tertiary/aromatic N) is 3. The zero-order valence-electron chi connectivity index (χ0n) is 14.1. The van der Waals surface area contributed by atoms with Crippen molar-refractivity contribution in [2.75, 3.05) is 10.6 Å². The van der Waals surface area contributed by atoms with E-state index < -0.39 is 0 Å². The van der Waals surface area contributed by atoms with Gasteiger partial charge in [0.05, 0.1) is 0 Å². The van der Waals surface area contributed by atoms with Gasteiger partial charge in [-0.1, -0.05) is 36.7 Å². The van der Waals surface area contributed by atoms with E-state index in [1.165, 1.54) is 54.8 Å². The first-order chi connectivity index (χ1) is 12.8. The van der Waals surface area contributed by atoms with Crippen molar-refractivity contribution >= 4 is 44.5 Å². The van der Waals surface area contributed by atoms with Crippen LogP contribution in [0, 0.1) is 0 Å². The molecule has 2 heterocycles. The van der Waals surface area contributed by atoms with Gasteiger partial charge >= 0.3 is 0 Å². The number of hydrogen-bond donors (Lipinski definition) is 2. The van der Waals surface area contributed by atoms with Crippen LogP contribution in [0.15, 0.2) is 35.8 Å². The summed E-state index contributed by atoms with van der Waals surface area (Å²) in [6.45, 7) is 0. The van der Waals surface area contributed by atoms with Crippen LogP contribution in [0.3, 0.4) is 0 Å². The average Bonchev–Trinajstić information content (AvgIpc) is 3.35. The number of carbonyl (C=O) groups excluding carboxylic acids is 1. The predicted octanol–water partition coefficient (Wildman–Crippen LogP) is 5.04. The molecule has 26 heavy (non-hydrogen) atoms. The number of thiazole rings is 1. The largest absolute Gasteiger partial charge is 0.332 e. The van der Waals surface area contributed by atoms with E-state index in [-0.39, 0.29) is 5.91 Å². The lowest BCUT2D eigenvalue weighted by molar-refractivity contribution is 0.102. The summed E-state index contributed by atoms with van der Waals surface area (Å²) >= 11 is 3.00. The van der Waals surface area contributed by atoms with Crippen molar-refractivity contribution in [2.24, 2.45) is 0 Å². The van der Waals surface area contributed by atoms with E-state index in [1.54, 1.807) is 18.3 Å². The smallest absolute Gasteiger partial charge is 0.257 e. The van der Waals surface area contributed by atoms with Gasteiger partial charge in [0.25, 0.3) is 5.91 Å². The summed E-state index contributed by atoms with van der Waals surface area (Å²) in [5, 5.41) is 18.8. The molecule has 0 radical (unpaired) electrons. The zero-order valence-corrected chi connectivity index (χ0v) is 15.8. The molecule has 8 heteroatoms. The maximum Gasteiger partial charge on any atom is 0.257 e. The summed E-state index contributed by atoms with van der Waals surface area (Å²) in [5.74, 6) is 0.317. The standard InChI is InChI=1S/C18H19N5OS2/c24-15(13-7-4-8-14(11-13)20-17-19-9-10-25-17)21-18-23-22-16(26-18)12-5-2-1-3-6-12/h4,7-12H,1-3,5-6H2,(H,19,20)(H,21,23,24). The first-order valence-electron chi connectivity index (χ1n) is 8.69.